The molecule has 4 rings (SSSR count). The van der Waals surface area contributed by atoms with Crippen molar-refractivity contribution >= 4 is 28.5 Å². The molecule has 1 aliphatic rings. The van der Waals surface area contributed by atoms with Crippen LogP contribution in [-0.2, 0) is 4.74 Å². The number of hydrogen-bond donors (Lipinski definition) is 0. The number of ether oxygens (including phenoxy) is 3. The van der Waals surface area contributed by atoms with Crippen molar-refractivity contribution in [3.8, 4) is 22.8 Å². The summed E-state index contributed by atoms with van der Waals surface area (Å²) in [5, 5.41) is 1.21. The van der Waals surface area contributed by atoms with E-state index in [4.69, 9.17) is 19.2 Å². The fourth-order valence-electron chi connectivity index (χ4n) is 3.91. The van der Waals surface area contributed by atoms with Crippen LogP contribution < -0.4 is 14.4 Å². The third-order valence-corrected chi connectivity index (χ3v) is 5.82. The Kier molecular flexibility index (Phi) is 6.34. The van der Waals surface area contributed by atoms with Crippen molar-refractivity contribution < 1.29 is 23.0 Å². The Morgan fingerprint density at radius 3 is 2.22 bits per heavy atom. The fraction of sp³-hybridized carbons (Fsp3) is 0.409. The van der Waals surface area contributed by atoms with Gasteiger partial charge in [0, 0.05) is 30.7 Å². The molecule has 0 N–H and O–H groups in total. The molecule has 170 valence electrons. The van der Waals surface area contributed by atoms with Crippen LogP contribution in [0.2, 0.25) is 0 Å². The number of halogens is 2. The number of rotatable bonds is 5. The van der Waals surface area contributed by atoms with E-state index in [0.29, 0.717) is 35.0 Å². The highest BCUT2D eigenvalue weighted by molar-refractivity contribution is 7.98. The Morgan fingerprint density at radius 1 is 1.03 bits per heavy atom. The molecule has 0 bridgehead atoms. The molecule has 2 atom stereocenters. The Balaban J connectivity index is 1.99. The fourth-order valence-corrected chi connectivity index (χ4v) is 4.26. The zero-order valence-corrected chi connectivity index (χ0v) is 19.3. The molecule has 0 aliphatic carbocycles. The van der Waals surface area contributed by atoms with E-state index in [1.165, 1.54) is 32.0 Å². The zero-order chi connectivity index (χ0) is 23.0. The highest BCUT2D eigenvalue weighted by atomic mass is 32.2. The van der Waals surface area contributed by atoms with Gasteiger partial charge in [-0.15, -0.1) is 0 Å². The quantitative estimate of drug-likeness (QED) is 0.410. The monoisotopic (exact) mass is 462 g/mol. The number of pyridine rings is 1. The molecule has 1 fully saturated rings. The van der Waals surface area contributed by atoms with Gasteiger partial charge in [-0.25, -0.2) is 23.7 Å². The third-order valence-electron chi connectivity index (χ3n) is 5.26. The number of morpholine rings is 1. The van der Waals surface area contributed by atoms with Crippen molar-refractivity contribution in [2.75, 3.05) is 38.5 Å². The topological polar surface area (TPSA) is 69.6 Å². The summed E-state index contributed by atoms with van der Waals surface area (Å²) in [7, 11) is 2.63. The zero-order valence-electron chi connectivity index (χ0n) is 18.5. The van der Waals surface area contributed by atoms with E-state index in [2.05, 4.69) is 9.97 Å². The molecule has 32 heavy (non-hydrogen) atoms. The summed E-state index contributed by atoms with van der Waals surface area (Å²) in [6.45, 7) is 5.09. The average Bonchev–Trinajstić information content (AvgIpc) is 2.78. The minimum atomic E-state index is -0.853. The molecule has 2 unspecified atom stereocenters. The summed E-state index contributed by atoms with van der Waals surface area (Å²) in [5.41, 5.74) is 0.393. The van der Waals surface area contributed by atoms with Crippen LogP contribution in [0.15, 0.2) is 23.5 Å². The number of nitrogens with zero attached hydrogens (tertiary/aromatic N) is 4. The van der Waals surface area contributed by atoms with Crippen LogP contribution >= 0.6 is 11.8 Å². The molecule has 0 radical (unpaired) electrons. The van der Waals surface area contributed by atoms with Gasteiger partial charge in [0.15, 0.2) is 34.1 Å². The normalized spacial score (nSPS) is 18.8. The van der Waals surface area contributed by atoms with Gasteiger partial charge in [-0.05, 0) is 26.2 Å². The maximum Gasteiger partial charge on any atom is 0.187 e. The summed E-state index contributed by atoms with van der Waals surface area (Å²) in [4.78, 5) is 15.7. The standard InChI is InChI=1S/C22H24F2N4O3S/c1-11-9-28(10-12(2)31-11)21-20-13(8-25-22(27-20)32-5)6-14(26-21)17-18(23)15(29-3)7-16(30-4)19(17)24/h6-8,11-12H,9-10H2,1-5H3. The molecule has 1 aliphatic heterocycles. The molecular weight excluding hydrogens is 438 g/mol. The molecule has 0 saturated carbocycles. The summed E-state index contributed by atoms with van der Waals surface area (Å²) >= 11 is 1.41. The lowest BCUT2D eigenvalue weighted by Crippen LogP contribution is -2.46. The number of thioether (sulfide) groups is 1. The second-order valence-corrected chi connectivity index (χ2v) is 8.35. The minimum absolute atomic E-state index is 0.0356. The Hall–Kier alpha value is -2.72. The van der Waals surface area contributed by atoms with Crippen LogP contribution in [0.3, 0.4) is 0 Å². The van der Waals surface area contributed by atoms with Crippen LogP contribution in [0.1, 0.15) is 13.8 Å². The second kappa shape index (κ2) is 9.03. The summed E-state index contributed by atoms with van der Waals surface area (Å²) in [5.74, 6) is -1.45. The van der Waals surface area contributed by atoms with Crippen molar-refractivity contribution in [3.05, 3.63) is 30.0 Å². The number of benzene rings is 1. The van der Waals surface area contributed by atoms with E-state index < -0.39 is 11.6 Å². The van der Waals surface area contributed by atoms with E-state index in [-0.39, 0.29) is 35.0 Å². The number of anilines is 1. The molecule has 2 aromatic heterocycles. The lowest BCUT2D eigenvalue weighted by atomic mass is 10.1. The summed E-state index contributed by atoms with van der Waals surface area (Å²) in [6.07, 6.45) is 3.45. The van der Waals surface area contributed by atoms with Crippen LogP contribution in [0, 0.1) is 11.6 Å². The SMILES string of the molecule is COc1cc(OC)c(F)c(-c2cc3cnc(SC)nc3c(N3CC(C)OC(C)C3)n2)c1F. The molecule has 0 spiro atoms. The number of fused-ring (bicyclic) bond motifs is 1. The number of methoxy groups -OCH3 is 2. The smallest absolute Gasteiger partial charge is 0.187 e. The first-order valence-corrected chi connectivity index (χ1v) is 11.3. The Bertz CT molecular complexity index is 1130. The van der Waals surface area contributed by atoms with Crippen molar-refractivity contribution in [3.63, 3.8) is 0 Å². The summed E-state index contributed by atoms with van der Waals surface area (Å²) in [6, 6.07) is 2.76. The number of hydrogen-bond acceptors (Lipinski definition) is 8. The second-order valence-electron chi connectivity index (χ2n) is 7.57. The van der Waals surface area contributed by atoms with Gasteiger partial charge in [-0.3, -0.25) is 0 Å². The Labute approximate surface area is 189 Å². The maximum atomic E-state index is 15.2. The molecule has 0 amide bonds. The van der Waals surface area contributed by atoms with Gasteiger partial charge in [-0.2, -0.15) is 0 Å². The maximum absolute atomic E-state index is 15.2. The highest BCUT2D eigenvalue weighted by Crippen LogP contribution is 2.39. The average molecular weight is 463 g/mol. The van der Waals surface area contributed by atoms with Gasteiger partial charge >= 0.3 is 0 Å². The van der Waals surface area contributed by atoms with Gasteiger partial charge in [0.25, 0.3) is 0 Å². The van der Waals surface area contributed by atoms with Gasteiger partial charge in [-0.1, -0.05) is 11.8 Å². The molecule has 7 nitrogen and oxygen atoms in total. The molecule has 1 aromatic carbocycles. The Morgan fingerprint density at radius 2 is 1.66 bits per heavy atom. The number of aromatic nitrogens is 3. The first kappa shape index (κ1) is 22.5. The van der Waals surface area contributed by atoms with E-state index in [1.54, 1.807) is 12.3 Å². The van der Waals surface area contributed by atoms with Crippen LogP contribution in [-0.4, -0.2) is 60.7 Å². The van der Waals surface area contributed by atoms with Crippen LogP contribution in [0.5, 0.6) is 11.5 Å². The van der Waals surface area contributed by atoms with E-state index in [0.717, 1.165) is 0 Å². The van der Waals surface area contributed by atoms with Gasteiger partial charge < -0.3 is 19.1 Å². The van der Waals surface area contributed by atoms with Crippen molar-refractivity contribution in [1.29, 1.82) is 0 Å². The first-order chi connectivity index (χ1) is 15.4. The minimum Gasteiger partial charge on any atom is -0.494 e. The van der Waals surface area contributed by atoms with Crippen molar-refractivity contribution in [2.45, 2.75) is 31.2 Å². The molecular formula is C22H24F2N4O3S. The van der Waals surface area contributed by atoms with Gasteiger partial charge in [0.05, 0.1) is 37.7 Å². The third kappa shape index (κ3) is 4.04. The predicted molar refractivity (Wildman–Crippen MR) is 120 cm³/mol. The van der Waals surface area contributed by atoms with Gasteiger partial charge in [0.2, 0.25) is 0 Å². The highest BCUT2D eigenvalue weighted by Gasteiger charge is 2.28. The first-order valence-electron chi connectivity index (χ1n) is 10.1. The van der Waals surface area contributed by atoms with Crippen LogP contribution in [0.4, 0.5) is 14.6 Å². The largest absolute Gasteiger partial charge is 0.494 e. The van der Waals surface area contributed by atoms with Crippen LogP contribution in [0.25, 0.3) is 22.2 Å². The van der Waals surface area contributed by atoms with Gasteiger partial charge in [0.1, 0.15) is 5.52 Å². The lowest BCUT2D eigenvalue weighted by molar-refractivity contribution is -0.00537. The van der Waals surface area contributed by atoms with E-state index >= 15 is 8.78 Å². The summed E-state index contributed by atoms with van der Waals surface area (Å²) < 4.78 is 46.5. The predicted octanol–water partition coefficient (Wildman–Crippen LogP) is 4.32. The molecule has 10 heteroatoms. The van der Waals surface area contributed by atoms with Crippen molar-refractivity contribution in [1.82, 2.24) is 15.0 Å². The molecule has 3 heterocycles. The van der Waals surface area contributed by atoms with Crippen molar-refractivity contribution in [2.24, 2.45) is 0 Å². The molecule has 3 aromatic rings. The van der Waals surface area contributed by atoms with E-state index in [1.807, 2.05) is 25.0 Å². The molecule has 1 saturated heterocycles. The lowest BCUT2D eigenvalue weighted by Gasteiger charge is -2.36. The van der Waals surface area contributed by atoms with E-state index in [9.17, 15) is 0 Å².